The zero-order valence-electron chi connectivity index (χ0n) is 15.2. The lowest BCUT2D eigenvalue weighted by Gasteiger charge is -2.26. The first kappa shape index (κ1) is 24.7. The van der Waals surface area contributed by atoms with Gasteiger partial charge in [0.1, 0.15) is 18.6 Å². The van der Waals surface area contributed by atoms with E-state index in [2.05, 4.69) is 28.6 Å². The first-order chi connectivity index (χ1) is 12.5. The molecule has 0 saturated heterocycles. The number of hydrogen-bond acceptors (Lipinski definition) is 7. The first-order valence-electron chi connectivity index (χ1n) is 8.28. The van der Waals surface area contributed by atoms with Crippen molar-refractivity contribution in [3.63, 3.8) is 0 Å². The average Bonchev–Trinajstić information content (AvgIpc) is 2.60. The van der Waals surface area contributed by atoms with Crippen molar-refractivity contribution in [2.75, 3.05) is 12.3 Å². The SMILES string of the molecule is CCC(C)C(NC(=O)C(N)CC(N)=O)C(=O)NC(CS)C(=O)NCC(=O)O. The van der Waals surface area contributed by atoms with Gasteiger partial charge >= 0.3 is 5.97 Å². The summed E-state index contributed by atoms with van der Waals surface area (Å²) in [7, 11) is 0. The second-order valence-electron chi connectivity index (χ2n) is 6.00. The number of primary amides is 1. The molecule has 4 atom stereocenters. The van der Waals surface area contributed by atoms with E-state index in [-0.39, 0.29) is 18.1 Å². The minimum absolute atomic E-state index is 0.0838. The van der Waals surface area contributed by atoms with Crippen LogP contribution in [0.2, 0.25) is 0 Å². The van der Waals surface area contributed by atoms with E-state index in [0.29, 0.717) is 6.42 Å². The summed E-state index contributed by atoms with van der Waals surface area (Å²) < 4.78 is 0. The largest absolute Gasteiger partial charge is 0.480 e. The quantitative estimate of drug-likeness (QED) is 0.172. The molecule has 0 fully saturated rings. The number of carbonyl (C=O) groups is 5. The van der Waals surface area contributed by atoms with Gasteiger partial charge < -0.3 is 32.5 Å². The van der Waals surface area contributed by atoms with Crippen LogP contribution in [0, 0.1) is 5.92 Å². The minimum Gasteiger partial charge on any atom is -0.480 e. The molecule has 0 aromatic heterocycles. The van der Waals surface area contributed by atoms with Gasteiger partial charge in [0, 0.05) is 5.75 Å². The normalized spacial score (nSPS) is 15.0. The molecule has 0 rings (SSSR count). The Morgan fingerprint density at radius 2 is 1.67 bits per heavy atom. The number of carbonyl (C=O) groups excluding carboxylic acids is 4. The number of carboxylic acid groups (broad SMARTS) is 1. The molecule has 4 amide bonds. The van der Waals surface area contributed by atoms with Crippen LogP contribution in [0.5, 0.6) is 0 Å². The van der Waals surface area contributed by atoms with Gasteiger partial charge in [0.2, 0.25) is 23.6 Å². The maximum Gasteiger partial charge on any atom is 0.322 e. The Labute approximate surface area is 162 Å². The Hall–Kier alpha value is -2.34. The molecule has 0 aromatic rings. The van der Waals surface area contributed by atoms with Crippen molar-refractivity contribution < 1.29 is 29.1 Å². The van der Waals surface area contributed by atoms with E-state index in [4.69, 9.17) is 16.6 Å². The zero-order chi connectivity index (χ0) is 21.1. The fourth-order valence-corrected chi connectivity index (χ4v) is 2.27. The Morgan fingerprint density at radius 3 is 2.11 bits per heavy atom. The summed E-state index contributed by atoms with van der Waals surface area (Å²) >= 11 is 3.98. The van der Waals surface area contributed by atoms with E-state index >= 15 is 0 Å². The summed E-state index contributed by atoms with van der Waals surface area (Å²) in [6.07, 6.45) is 0.151. The predicted octanol–water partition coefficient (Wildman–Crippen LogP) is -2.66. The monoisotopic (exact) mass is 405 g/mol. The van der Waals surface area contributed by atoms with Crippen LogP contribution >= 0.6 is 12.6 Å². The van der Waals surface area contributed by atoms with E-state index in [0.717, 1.165) is 0 Å². The minimum atomic E-state index is -1.24. The second-order valence-corrected chi connectivity index (χ2v) is 6.37. The molecule has 0 spiro atoms. The van der Waals surface area contributed by atoms with Gasteiger partial charge in [-0.1, -0.05) is 20.3 Å². The van der Waals surface area contributed by atoms with E-state index in [1.807, 2.05) is 0 Å². The zero-order valence-corrected chi connectivity index (χ0v) is 16.1. The smallest absolute Gasteiger partial charge is 0.322 e. The number of rotatable bonds is 12. The number of hydrogen-bond donors (Lipinski definition) is 7. The predicted molar refractivity (Wildman–Crippen MR) is 99.6 cm³/mol. The van der Waals surface area contributed by atoms with Gasteiger partial charge in [-0.15, -0.1) is 0 Å². The molecule has 27 heavy (non-hydrogen) atoms. The van der Waals surface area contributed by atoms with Gasteiger partial charge in [-0.05, 0) is 5.92 Å². The fourth-order valence-electron chi connectivity index (χ4n) is 2.01. The third-order valence-corrected chi connectivity index (χ3v) is 4.15. The molecular weight excluding hydrogens is 378 g/mol. The molecular formula is C15H27N5O6S. The molecule has 0 bridgehead atoms. The van der Waals surface area contributed by atoms with Crippen molar-refractivity contribution in [2.24, 2.45) is 17.4 Å². The number of nitrogens with two attached hydrogens (primary N) is 2. The maximum absolute atomic E-state index is 12.5. The molecule has 4 unspecified atom stereocenters. The van der Waals surface area contributed by atoms with Crippen LogP contribution in [0.4, 0.5) is 0 Å². The highest BCUT2D eigenvalue weighted by atomic mass is 32.1. The van der Waals surface area contributed by atoms with E-state index < -0.39 is 54.3 Å². The van der Waals surface area contributed by atoms with Gasteiger partial charge in [-0.25, -0.2) is 0 Å². The lowest BCUT2D eigenvalue weighted by atomic mass is 9.97. The highest BCUT2D eigenvalue weighted by Crippen LogP contribution is 2.09. The Bertz CT molecular complexity index is 573. The summed E-state index contributed by atoms with van der Waals surface area (Å²) in [4.78, 5) is 58.0. The lowest BCUT2D eigenvalue weighted by Crippen LogP contribution is -2.58. The highest BCUT2D eigenvalue weighted by Gasteiger charge is 2.31. The van der Waals surface area contributed by atoms with Crippen molar-refractivity contribution in [3.8, 4) is 0 Å². The fraction of sp³-hybridized carbons (Fsp3) is 0.667. The van der Waals surface area contributed by atoms with Crippen molar-refractivity contribution in [3.05, 3.63) is 0 Å². The van der Waals surface area contributed by atoms with Gasteiger partial charge in [0.15, 0.2) is 0 Å². The van der Waals surface area contributed by atoms with Gasteiger partial charge in [0.25, 0.3) is 0 Å². The molecule has 0 aromatic carbocycles. The Kier molecular flexibility index (Phi) is 11.1. The standard InChI is InChI=1S/C15H27N5O6S/c1-3-7(2)12(20-13(24)8(16)4-10(17)21)15(26)19-9(6-27)14(25)18-5-11(22)23/h7-9,12,27H,3-6,16H2,1-2H3,(H2,17,21)(H,18,25)(H,19,26)(H,20,24)(H,22,23). The second kappa shape index (κ2) is 12.1. The van der Waals surface area contributed by atoms with Gasteiger partial charge in [-0.3, -0.25) is 24.0 Å². The number of aliphatic carboxylic acids is 1. The van der Waals surface area contributed by atoms with Gasteiger partial charge in [0.05, 0.1) is 12.5 Å². The molecule has 0 aliphatic rings. The molecule has 0 aliphatic heterocycles. The van der Waals surface area contributed by atoms with Crippen LogP contribution < -0.4 is 27.4 Å². The van der Waals surface area contributed by atoms with Crippen LogP contribution in [0.25, 0.3) is 0 Å². The Balaban J connectivity index is 5.09. The number of nitrogens with one attached hydrogen (secondary N) is 3. The third-order valence-electron chi connectivity index (χ3n) is 3.78. The van der Waals surface area contributed by atoms with Crippen molar-refractivity contribution in [1.29, 1.82) is 0 Å². The maximum atomic E-state index is 12.5. The lowest BCUT2D eigenvalue weighted by molar-refractivity contribution is -0.138. The topological polar surface area (TPSA) is 194 Å². The molecule has 154 valence electrons. The summed E-state index contributed by atoms with van der Waals surface area (Å²) in [5.41, 5.74) is 10.6. The molecule has 12 heteroatoms. The molecule has 0 aliphatic carbocycles. The number of thiol groups is 1. The number of amides is 4. The van der Waals surface area contributed by atoms with E-state index in [9.17, 15) is 24.0 Å². The molecule has 0 radical (unpaired) electrons. The Morgan fingerprint density at radius 1 is 1.07 bits per heavy atom. The third kappa shape index (κ3) is 9.24. The summed E-state index contributed by atoms with van der Waals surface area (Å²) in [5, 5.41) is 15.6. The molecule has 0 saturated carbocycles. The van der Waals surface area contributed by atoms with E-state index in [1.165, 1.54) is 0 Å². The molecule has 11 nitrogen and oxygen atoms in total. The molecule has 0 heterocycles. The van der Waals surface area contributed by atoms with Crippen LogP contribution in [0.15, 0.2) is 0 Å². The summed E-state index contributed by atoms with van der Waals surface area (Å²) in [6, 6.07) is -3.32. The van der Waals surface area contributed by atoms with E-state index in [1.54, 1.807) is 13.8 Å². The van der Waals surface area contributed by atoms with Crippen molar-refractivity contribution >= 4 is 42.2 Å². The van der Waals surface area contributed by atoms with Crippen molar-refractivity contribution in [1.82, 2.24) is 16.0 Å². The molecule has 8 N–H and O–H groups in total. The van der Waals surface area contributed by atoms with Gasteiger partial charge in [-0.2, -0.15) is 12.6 Å². The van der Waals surface area contributed by atoms with Crippen LogP contribution in [-0.4, -0.2) is 65.1 Å². The first-order valence-corrected chi connectivity index (χ1v) is 8.91. The van der Waals surface area contributed by atoms with Crippen LogP contribution in [0.1, 0.15) is 26.7 Å². The summed E-state index contributed by atoms with van der Waals surface area (Å²) in [6.45, 7) is 2.91. The number of carboxylic acids is 1. The van der Waals surface area contributed by atoms with Crippen LogP contribution in [-0.2, 0) is 24.0 Å². The van der Waals surface area contributed by atoms with Crippen molar-refractivity contribution in [2.45, 2.75) is 44.8 Å². The highest BCUT2D eigenvalue weighted by molar-refractivity contribution is 7.80. The van der Waals surface area contributed by atoms with Crippen LogP contribution in [0.3, 0.4) is 0 Å². The summed E-state index contributed by atoms with van der Waals surface area (Å²) in [5.74, 6) is -4.49. The average molecular weight is 405 g/mol.